The number of halogens is 1. The lowest BCUT2D eigenvalue weighted by atomic mass is 10.3. The van der Waals surface area contributed by atoms with Crippen molar-refractivity contribution in [3.8, 4) is 5.88 Å². The summed E-state index contributed by atoms with van der Waals surface area (Å²) >= 11 is 3.28. The first-order chi connectivity index (χ1) is 6.66. The van der Waals surface area contributed by atoms with E-state index in [0.29, 0.717) is 11.0 Å². The molecule has 1 aromatic carbocycles. The van der Waals surface area contributed by atoms with E-state index in [0.717, 1.165) is 4.47 Å². The zero-order valence-electron chi connectivity index (χ0n) is 6.86. The maximum atomic E-state index is 10.5. The molecule has 0 aliphatic carbocycles. The first-order valence-electron chi connectivity index (χ1n) is 3.69. The number of fused-ring (bicyclic) bond motifs is 1. The van der Waals surface area contributed by atoms with Gasteiger partial charge in [-0.1, -0.05) is 15.9 Å². The standard InChI is InChI=1S/C8H5BrN2O3/c9-4-1-2-6-5(3-4)7(11-14-6)13-8(10)12/h1-3H,(H2,10,12). The van der Waals surface area contributed by atoms with E-state index in [1.807, 2.05) is 0 Å². The van der Waals surface area contributed by atoms with E-state index in [2.05, 4.69) is 25.8 Å². The molecule has 0 saturated heterocycles. The van der Waals surface area contributed by atoms with Gasteiger partial charge in [-0.25, -0.2) is 4.79 Å². The number of nitrogens with two attached hydrogens (primary N) is 1. The minimum atomic E-state index is -0.917. The lowest BCUT2D eigenvalue weighted by Crippen LogP contribution is -2.16. The van der Waals surface area contributed by atoms with Gasteiger partial charge in [0.1, 0.15) is 0 Å². The number of aromatic nitrogens is 1. The summed E-state index contributed by atoms with van der Waals surface area (Å²) in [6, 6.07) is 5.23. The van der Waals surface area contributed by atoms with E-state index >= 15 is 0 Å². The summed E-state index contributed by atoms with van der Waals surface area (Å²) in [6.45, 7) is 0. The molecule has 2 rings (SSSR count). The maximum Gasteiger partial charge on any atom is 0.411 e. The van der Waals surface area contributed by atoms with Crippen molar-refractivity contribution < 1.29 is 14.1 Å². The minimum Gasteiger partial charge on any atom is -0.387 e. The van der Waals surface area contributed by atoms with Gasteiger partial charge in [0.2, 0.25) is 0 Å². The fraction of sp³-hybridized carbons (Fsp3) is 0. The third kappa shape index (κ3) is 1.56. The summed E-state index contributed by atoms with van der Waals surface area (Å²) in [6.07, 6.45) is -0.917. The molecule has 0 saturated carbocycles. The average molecular weight is 257 g/mol. The van der Waals surface area contributed by atoms with E-state index in [1.165, 1.54) is 0 Å². The Morgan fingerprint density at radius 3 is 3.07 bits per heavy atom. The van der Waals surface area contributed by atoms with Gasteiger partial charge in [-0.2, -0.15) is 0 Å². The molecule has 72 valence electrons. The Labute approximate surface area is 86.9 Å². The third-order valence-electron chi connectivity index (χ3n) is 1.60. The van der Waals surface area contributed by atoms with Crippen molar-refractivity contribution in [3.05, 3.63) is 22.7 Å². The van der Waals surface area contributed by atoms with E-state index in [4.69, 9.17) is 10.3 Å². The molecule has 0 fully saturated rings. The smallest absolute Gasteiger partial charge is 0.387 e. The van der Waals surface area contributed by atoms with Crippen LogP contribution in [0.25, 0.3) is 11.0 Å². The van der Waals surface area contributed by atoms with Crippen LogP contribution in [0.4, 0.5) is 4.79 Å². The summed E-state index contributed by atoms with van der Waals surface area (Å²) in [7, 11) is 0. The van der Waals surface area contributed by atoms with Gasteiger partial charge in [-0.05, 0) is 23.4 Å². The Morgan fingerprint density at radius 1 is 1.57 bits per heavy atom. The molecule has 0 aliphatic heterocycles. The number of rotatable bonds is 1. The Bertz CT molecular complexity index is 494. The minimum absolute atomic E-state index is 0.0776. The number of benzene rings is 1. The number of hydrogen-bond acceptors (Lipinski definition) is 4. The lowest BCUT2D eigenvalue weighted by molar-refractivity contribution is 0.207. The van der Waals surface area contributed by atoms with E-state index in [1.54, 1.807) is 18.2 Å². The molecular weight excluding hydrogens is 252 g/mol. The summed E-state index contributed by atoms with van der Waals surface area (Å²) in [5, 5.41) is 4.15. The SMILES string of the molecule is NC(=O)Oc1noc2ccc(Br)cc12. The van der Waals surface area contributed by atoms with Gasteiger partial charge in [-0.15, -0.1) is 0 Å². The number of nitrogens with zero attached hydrogens (tertiary/aromatic N) is 1. The molecule has 1 heterocycles. The van der Waals surface area contributed by atoms with Crippen LogP contribution in [-0.4, -0.2) is 11.2 Å². The van der Waals surface area contributed by atoms with Crippen LogP contribution < -0.4 is 10.5 Å². The van der Waals surface area contributed by atoms with Crippen molar-refractivity contribution in [2.24, 2.45) is 5.73 Å². The van der Waals surface area contributed by atoms with Gasteiger partial charge in [-0.3, -0.25) is 0 Å². The number of amides is 1. The van der Waals surface area contributed by atoms with Crippen LogP contribution in [0.1, 0.15) is 0 Å². The van der Waals surface area contributed by atoms with E-state index in [-0.39, 0.29) is 5.88 Å². The van der Waals surface area contributed by atoms with Crippen LogP contribution in [0.2, 0.25) is 0 Å². The second-order valence-electron chi connectivity index (χ2n) is 2.55. The fourth-order valence-corrected chi connectivity index (χ4v) is 1.42. The quantitative estimate of drug-likeness (QED) is 0.847. The third-order valence-corrected chi connectivity index (χ3v) is 2.09. The van der Waals surface area contributed by atoms with Crippen molar-refractivity contribution >= 4 is 33.0 Å². The Kier molecular flexibility index (Phi) is 2.12. The fourth-order valence-electron chi connectivity index (χ4n) is 1.06. The molecule has 0 unspecified atom stereocenters. The largest absolute Gasteiger partial charge is 0.411 e. The highest BCUT2D eigenvalue weighted by molar-refractivity contribution is 9.10. The number of primary amides is 1. The predicted molar refractivity (Wildman–Crippen MR) is 51.9 cm³/mol. The van der Waals surface area contributed by atoms with Crippen molar-refractivity contribution in [1.29, 1.82) is 0 Å². The lowest BCUT2D eigenvalue weighted by Gasteiger charge is -1.94. The summed E-state index contributed by atoms with van der Waals surface area (Å²) < 4.78 is 10.4. The van der Waals surface area contributed by atoms with Crippen molar-refractivity contribution in [3.63, 3.8) is 0 Å². The Morgan fingerprint density at radius 2 is 2.36 bits per heavy atom. The molecule has 14 heavy (non-hydrogen) atoms. The van der Waals surface area contributed by atoms with Gasteiger partial charge in [0.05, 0.1) is 5.39 Å². The van der Waals surface area contributed by atoms with Crippen molar-refractivity contribution in [1.82, 2.24) is 5.16 Å². The van der Waals surface area contributed by atoms with Crippen LogP contribution in [-0.2, 0) is 0 Å². The van der Waals surface area contributed by atoms with Crippen LogP contribution in [0, 0.1) is 0 Å². The molecule has 2 N–H and O–H groups in total. The zero-order chi connectivity index (χ0) is 10.1. The number of ether oxygens (including phenoxy) is 1. The summed E-state index contributed by atoms with van der Waals surface area (Å²) in [5.74, 6) is 0.0776. The molecule has 1 amide bonds. The molecule has 0 aliphatic rings. The number of carbonyl (C=O) groups excluding carboxylic acids is 1. The van der Waals surface area contributed by atoms with Crippen molar-refractivity contribution in [2.75, 3.05) is 0 Å². The highest BCUT2D eigenvalue weighted by Gasteiger charge is 2.11. The Balaban J connectivity index is 2.55. The molecule has 2 aromatic rings. The second-order valence-corrected chi connectivity index (χ2v) is 3.46. The number of hydrogen-bond donors (Lipinski definition) is 1. The normalized spacial score (nSPS) is 10.4. The first-order valence-corrected chi connectivity index (χ1v) is 4.48. The Hall–Kier alpha value is -1.56. The molecule has 6 heteroatoms. The maximum absolute atomic E-state index is 10.5. The molecule has 0 atom stereocenters. The van der Waals surface area contributed by atoms with E-state index < -0.39 is 6.09 Å². The molecule has 1 aromatic heterocycles. The van der Waals surface area contributed by atoms with Gasteiger partial charge < -0.3 is 15.0 Å². The van der Waals surface area contributed by atoms with E-state index in [9.17, 15) is 4.79 Å². The van der Waals surface area contributed by atoms with Crippen LogP contribution in [0.3, 0.4) is 0 Å². The monoisotopic (exact) mass is 256 g/mol. The van der Waals surface area contributed by atoms with Crippen LogP contribution in [0.5, 0.6) is 5.88 Å². The molecule has 5 nitrogen and oxygen atoms in total. The summed E-state index contributed by atoms with van der Waals surface area (Å²) in [5.41, 5.74) is 5.39. The number of carbonyl (C=O) groups is 1. The highest BCUT2D eigenvalue weighted by Crippen LogP contribution is 2.27. The van der Waals surface area contributed by atoms with Gasteiger partial charge in [0.15, 0.2) is 5.58 Å². The molecule has 0 radical (unpaired) electrons. The average Bonchev–Trinajstić information content (AvgIpc) is 2.47. The van der Waals surface area contributed by atoms with Gasteiger partial charge in [0.25, 0.3) is 5.88 Å². The topological polar surface area (TPSA) is 78.4 Å². The zero-order valence-corrected chi connectivity index (χ0v) is 8.45. The van der Waals surface area contributed by atoms with Crippen LogP contribution >= 0.6 is 15.9 Å². The van der Waals surface area contributed by atoms with Gasteiger partial charge >= 0.3 is 6.09 Å². The summed E-state index contributed by atoms with van der Waals surface area (Å²) in [4.78, 5) is 10.5. The van der Waals surface area contributed by atoms with Gasteiger partial charge in [0, 0.05) is 4.47 Å². The highest BCUT2D eigenvalue weighted by atomic mass is 79.9. The van der Waals surface area contributed by atoms with Crippen molar-refractivity contribution in [2.45, 2.75) is 0 Å². The predicted octanol–water partition coefficient (Wildman–Crippen LogP) is 2.05. The second kappa shape index (κ2) is 3.30. The molecule has 0 spiro atoms. The first kappa shape index (κ1) is 9.01. The molecular formula is C8H5BrN2O3. The van der Waals surface area contributed by atoms with Crippen LogP contribution in [0.15, 0.2) is 27.2 Å². The molecule has 0 bridgehead atoms.